The number of benzene rings is 2. The predicted molar refractivity (Wildman–Crippen MR) is 109 cm³/mol. The number of ether oxygens (including phenoxy) is 1. The van der Waals surface area contributed by atoms with Crippen molar-refractivity contribution in [3.63, 3.8) is 0 Å². The van der Waals surface area contributed by atoms with E-state index in [-0.39, 0.29) is 5.69 Å². The van der Waals surface area contributed by atoms with Crippen LogP contribution in [-0.2, 0) is 11.3 Å². The van der Waals surface area contributed by atoms with Gasteiger partial charge in [0.2, 0.25) is 5.69 Å². The number of halogens is 1. The Morgan fingerprint density at radius 2 is 1.96 bits per heavy atom. The third-order valence-electron chi connectivity index (χ3n) is 3.66. The molecule has 0 heterocycles. The van der Waals surface area contributed by atoms with Gasteiger partial charge in [0.1, 0.15) is 11.4 Å². The Morgan fingerprint density at radius 1 is 1.29 bits per heavy atom. The van der Waals surface area contributed by atoms with Crippen LogP contribution in [0.5, 0.6) is 0 Å². The maximum absolute atomic E-state index is 13.5. The van der Waals surface area contributed by atoms with Gasteiger partial charge in [0.15, 0.2) is 0 Å². The van der Waals surface area contributed by atoms with Gasteiger partial charge in [-0.3, -0.25) is 5.32 Å². The smallest absolute Gasteiger partial charge is 0.412 e. The van der Waals surface area contributed by atoms with E-state index in [0.29, 0.717) is 18.8 Å². The summed E-state index contributed by atoms with van der Waals surface area (Å²) in [4.78, 5) is 17.0. The van der Waals surface area contributed by atoms with Crippen molar-refractivity contribution in [2.24, 2.45) is 0 Å². The number of anilines is 2. The van der Waals surface area contributed by atoms with E-state index in [2.05, 4.69) is 16.1 Å². The van der Waals surface area contributed by atoms with Gasteiger partial charge in [0.25, 0.3) is 0 Å². The van der Waals surface area contributed by atoms with E-state index in [0.717, 1.165) is 11.3 Å². The molecule has 0 saturated carbocycles. The van der Waals surface area contributed by atoms with Crippen molar-refractivity contribution in [3.8, 4) is 12.3 Å². The lowest BCUT2D eigenvalue weighted by Crippen LogP contribution is -2.27. The van der Waals surface area contributed by atoms with E-state index in [1.54, 1.807) is 39.0 Å². The molecule has 0 aromatic heterocycles. The van der Waals surface area contributed by atoms with Crippen molar-refractivity contribution in [2.75, 3.05) is 16.8 Å². The summed E-state index contributed by atoms with van der Waals surface area (Å²) < 4.78 is 18.8. The van der Waals surface area contributed by atoms with E-state index >= 15 is 0 Å². The summed E-state index contributed by atoms with van der Waals surface area (Å²) in [5.41, 5.74) is 1.61. The van der Waals surface area contributed by atoms with Gasteiger partial charge in [-0.2, -0.15) is 0 Å². The first-order valence-corrected chi connectivity index (χ1v) is 8.66. The van der Waals surface area contributed by atoms with Crippen LogP contribution < -0.4 is 10.2 Å². The number of carbonyl (C=O) groups is 1. The second-order valence-corrected chi connectivity index (χ2v) is 7.13. The molecule has 0 fully saturated rings. The molecule has 1 amide bonds. The average Bonchev–Trinajstić information content (AvgIpc) is 2.62. The summed E-state index contributed by atoms with van der Waals surface area (Å²) in [6, 6.07) is 11.6. The zero-order valence-electron chi connectivity index (χ0n) is 16.1. The number of hydrogen-bond acceptors (Lipinski definition) is 3. The summed E-state index contributed by atoms with van der Waals surface area (Å²) in [6.07, 6.45) is 4.95. The van der Waals surface area contributed by atoms with Crippen molar-refractivity contribution < 1.29 is 13.9 Å². The zero-order valence-corrected chi connectivity index (χ0v) is 16.1. The molecule has 2 rings (SSSR count). The second-order valence-electron chi connectivity index (χ2n) is 7.13. The Hall–Kier alpha value is -3.51. The number of nitrogens with one attached hydrogen (secondary N) is 1. The summed E-state index contributed by atoms with van der Waals surface area (Å²) >= 11 is 0. The maximum Gasteiger partial charge on any atom is 0.412 e. The molecular weight excluding hydrogens is 357 g/mol. The summed E-state index contributed by atoms with van der Waals surface area (Å²) in [5.74, 6) is 2.06. The van der Waals surface area contributed by atoms with E-state index in [1.165, 1.54) is 12.1 Å². The van der Waals surface area contributed by atoms with Gasteiger partial charge in [-0.25, -0.2) is 14.0 Å². The summed E-state index contributed by atoms with van der Waals surface area (Å²) in [6.45, 7) is 13.2. The highest BCUT2D eigenvalue weighted by molar-refractivity contribution is 5.85. The van der Waals surface area contributed by atoms with E-state index in [4.69, 9.17) is 17.7 Å². The van der Waals surface area contributed by atoms with Gasteiger partial charge in [-0.05, 0) is 62.7 Å². The number of hydrogen-bond donors (Lipinski definition) is 1. The van der Waals surface area contributed by atoms with Crippen molar-refractivity contribution in [1.82, 2.24) is 0 Å². The molecule has 2 aromatic rings. The molecule has 0 aliphatic rings. The quantitative estimate of drug-likeness (QED) is 0.562. The fourth-order valence-electron chi connectivity index (χ4n) is 2.49. The third-order valence-corrected chi connectivity index (χ3v) is 3.66. The Balaban J connectivity index is 2.13. The second kappa shape index (κ2) is 8.92. The molecule has 5 nitrogen and oxygen atoms in total. The van der Waals surface area contributed by atoms with E-state index in [1.807, 2.05) is 17.0 Å². The SMILES string of the molecule is [C-]#[N+]c1cc(CN(CC#C)c2ccc(NC(=O)OC(C)(C)C)cc2)ccc1F. The maximum atomic E-state index is 13.5. The van der Waals surface area contributed by atoms with Crippen LogP contribution in [0.15, 0.2) is 42.5 Å². The number of terminal acetylenes is 1. The minimum Gasteiger partial charge on any atom is -0.444 e. The van der Waals surface area contributed by atoms with Crippen LogP contribution in [0, 0.1) is 24.7 Å². The first-order chi connectivity index (χ1) is 13.2. The fraction of sp³-hybridized carbons (Fsp3) is 0.273. The van der Waals surface area contributed by atoms with Gasteiger partial charge < -0.3 is 9.64 Å². The topological polar surface area (TPSA) is 45.9 Å². The number of amides is 1. The lowest BCUT2D eigenvalue weighted by Gasteiger charge is -2.23. The van der Waals surface area contributed by atoms with Crippen molar-refractivity contribution in [1.29, 1.82) is 0 Å². The highest BCUT2D eigenvalue weighted by Crippen LogP contribution is 2.24. The van der Waals surface area contributed by atoms with Crippen LogP contribution in [0.4, 0.5) is 26.2 Å². The molecule has 144 valence electrons. The first-order valence-electron chi connectivity index (χ1n) is 8.66. The molecule has 2 aromatic carbocycles. The molecule has 0 radical (unpaired) electrons. The molecule has 0 spiro atoms. The van der Waals surface area contributed by atoms with E-state index < -0.39 is 17.5 Å². The lowest BCUT2D eigenvalue weighted by molar-refractivity contribution is 0.0636. The standard InChI is InChI=1S/C22H22FN3O2/c1-6-13-26(15-16-7-12-19(23)20(14-16)24-5)18-10-8-17(9-11-18)25-21(27)28-22(2,3)4/h1,7-12,14H,13,15H2,2-4H3,(H,25,27). The van der Waals surface area contributed by atoms with Crippen LogP contribution in [-0.4, -0.2) is 18.2 Å². The molecule has 0 aliphatic heterocycles. The van der Waals surface area contributed by atoms with Crippen molar-refractivity contribution in [3.05, 3.63) is 65.3 Å². The summed E-state index contributed by atoms with van der Waals surface area (Å²) in [7, 11) is 0. The monoisotopic (exact) mass is 379 g/mol. The number of nitrogens with zero attached hydrogens (tertiary/aromatic N) is 2. The minimum absolute atomic E-state index is 0.0185. The molecular formula is C22H22FN3O2. The highest BCUT2D eigenvalue weighted by atomic mass is 19.1. The normalized spacial score (nSPS) is 10.5. The van der Waals surface area contributed by atoms with Gasteiger partial charge in [0.05, 0.1) is 13.1 Å². The largest absolute Gasteiger partial charge is 0.444 e. The molecule has 0 atom stereocenters. The third kappa shape index (κ3) is 6.03. The van der Waals surface area contributed by atoms with Gasteiger partial charge in [0, 0.05) is 17.9 Å². The fourth-order valence-corrected chi connectivity index (χ4v) is 2.49. The Morgan fingerprint density at radius 3 is 2.54 bits per heavy atom. The first kappa shape index (κ1) is 20.8. The number of rotatable bonds is 5. The van der Waals surface area contributed by atoms with Crippen LogP contribution in [0.1, 0.15) is 26.3 Å². The van der Waals surface area contributed by atoms with Gasteiger partial charge >= 0.3 is 6.09 Å². The molecule has 0 bridgehead atoms. The van der Waals surface area contributed by atoms with Crippen molar-refractivity contribution >= 4 is 23.2 Å². The van der Waals surface area contributed by atoms with Crippen LogP contribution in [0.25, 0.3) is 4.85 Å². The number of carbonyl (C=O) groups excluding carboxylic acids is 1. The van der Waals surface area contributed by atoms with E-state index in [9.17, 15) is 9.18 Å². The predicted octanol–water partition coefficient (Wildman–Crippen LogP) is 5.36. The van der Waals surface area contributed by atoms with Crippen LogP contribution in [0.2, 0.25) is 0 Å². The minimum atomic E-state index is -0.576. The molecule has 1 N–H and O–H groups in total. The Kier molecular flexibility index (Phi) is 6.63. The van der Waals surface area contributed by atoms with Gasteiger partial charge in [-0.1, -0.05) is 12.0 Å². The lowest BCUT2D eigenvalue weighted by atomic mass is 10.1. The zero-order chi connectivity index (χ0) is 20.7. The Bertz CT molecular complexity index is 919. The average molecular weight is 379 g/mol. The van der Waals surface area contributed by atoms with Crippen LogP contribution >= 0.6 is 0 Å². The molecule has 0 aliphatic carbocycles. The molecule has 6 heteroatoms. The highest BCUT2D eigenvalue weighted by Gasteiger charge is 2.16. The summed E-state index contributed by atoms with van der Waals surface area (Å²) in [5, 5.41) is 2.67. The van der Waals surface area contributed by atoms with Gasteiger partial charge in [-0.15, -0.1) is 6.42 Å². The van der Waals surface area contributed by atoms with Crippen LogP contribution in [0.3, 0.4) is 0 Å². The molecule has 0 saturated heterocycles. The molecule has 28 heavy (non-hydrogen) atoms. The Labute approximate surface area is 164 Å². The molecule has 0 unspecified atom stereocenters. The van der Waals surface area contributed by atoms with Crippen molar-refractivity contribution in [2.45, 2.75) is 32.9 Å².